The topological polar surface area (TPSA) is 83.8 Å². The molecule has 28 heavy (non-hydrogen) atoms. The van der Waals surface area contributed by atoms with Gasteiger partial charge < -0.3 is 10.6 Å². The van der Waals surface area contributed by atoms with Crippen molar-refractivity contribution in [1.82, 2.24) is 19.9 Å². The lowest BCUT2D eigenvalue weighted by molar-refractivity contribution is -0.474. The minimum absolute atomic E-state index is 0.318. The molecule has 2 fully saturated rings. The number of hydrogen-bond donors (Lipinski definition) is 1. The van der Waals surface area contributed by atoms with Crippen LogP contribution in [-0.4, -0.2) is 55.4 Å². The first-order valence-corrected chi connectivity index (χ1v) is 10.4. The monoisotopic (exact) mass is 410 g/mol. The van der Waals surface area contributed by atoms with Gasteiger partial charge in [0.2, 0.25) is 11.8 Å². The second-order valence-electron chi connectivity index (χ2n) is 7.43. The van der Waals surface area contributed by atoms with Gasteiger partial charge >= 0.3 is 0 Å². The fourth-order valence-electron chi connectivity index (χ4n) is 4.51. The summed E-state index contributed by atoms with van der Waals surface area (Å²) in [7, 11) is 0. The van der Waals surface area contributed by atoms with Crippen molar-refractivity contribution in [3.8, 4) is 0 Å². The molecule has 2 saturated heterocycles. The minimum atomic E-state index is 0.318. The highest BCUT2D eigenvalue weighted by atomic mass is 35.5. The van der Waals surface area contributed by atoms with E-state index in [1.54, 1.807) is 11.9 Å². The molecule has 4 aliphatic heterocycles. The number of rotatable bonds is 3. The van der Waals surface area contributed by atoms with Crippen LogP contribution >= 0.6 is 23.4 Å². The van der Waals surface area contributed by atoms with E-state index < -0.39 is 0 Å². The molecule has 0 aliphatic carbocycles. The predicted octanol–water partition coefficient (Wildman–Crippen LogP) is 2.48. The SMILES string of the molecule is CC1C2=[N+]3C[C@H]1N(c1cnc4nc(Sc5ccnc(N)c5Cl)ccc4n1)C[C@H]23. The van der Waals surface area contributed by atoms with Crippen molar-refractivity contribution >= 4 is 51.9 Å². The molecule has 3 atom stereocenters. The molecular formula is C19H17ClN7S+. The van der Waals surface area contributed by atoms with E-state index in [9.17, 15) is 0 Å². The summed E-state index contributed by atoms with van der Waals surface area (Å²) in [6.07, 6.45) is 3.49. The van der Waals surface area contributed by atoms with Crippen molar-refractivity contribution in [2.45, 2.75) is 28.9 Å². The Morgan fingerprint density at radius 2 is 2.14 bits per heavy atom. The summed E-state index contributed by atoms with van der Waals surface area (Å²) in [5.41, 5.74) is 8.85. The van der Waals surface area contributed by atoms with Gasteiger partial charge in [-0.3, -0.25) is 0 Å². The normalized spacial score (nSPS) is 24.9. The summed E-state index contributed by atoms with van der Waals surface area (Å²) in [6.45, 7) is 4.46. The maximum absolute atomic E-state index is 6.24. The Hall–Kier alpha value is -2.45. The fourth-order valence-corrected chi connectivity index (χ4v) is 5.55. The van der Waals surface area contributed by atoms with E-state index in [1.807, 2.05) is 24.4 Å². The zero-order chi connectivity index (χ0) is 19.0. The van der Waals surface area contributed by atoms with Gasteiger partial charge in [0.25, 0.3) is 0 Å². The number of pyridine rings is 2. The molecule has 0 saturated carbocycles. The van der Waals surface area contributed by atoms with Crippen molar-refractivity contribution < 1.29 is 4.58 Å². The molecule has 0 radical (unpaired) electrons. The molecule has 0 amide bonds. The zero-order valence-corrected chi connectivity index (χ0v) is 16.7. The molecule has 0 aromatic carbocycles. The summed E-state index contributed by atoms with van der Waals surface area (Å²) in [4.78, 5) is 21.3. The lowest BCUT2D eigenvalue weighted by Gasteiger charge is -2.35. The number of nitrogen functional groups attached to an aromatic ring is 1. The number of aromatic nitrogens is 4. The Kier molecular flexibility index (Phi) is 3.40. The number of fused-ring (bicyclic) bond motifs is 2. The van der Waals surface area contributed by atoms with Crippen LogP contribution in [0.25, 0.3) is 11.2 Å². The van der Waals surface area contributed by atoms with E-state index in [2.05, 4.69) is 31.4 Å². The van der Waals surface area contributed by atoms with Gasteiger partial charge in [0.1, 0.15) is 28.2 Å². The van der Waals surface area contributed by atoms with Crippen LogP contribution in [0, 0.1) is 5.92 Å². The van der Waals surface area contributed by atoms with Gasteiger partial charge in [-0.15, -0.1) is 0 Å². The van der Waals surface area contributed by atoms with Crippen molar-refractivity contribution in [1.29, 1.82) is 0 Å². The Labute approximate surface area is 170 Å². The Morgan fingerprint density at radius 1 is 1.25 bits per heavy atom. The molecular weight excluding hydrogens is 394 g/mol. The lowest BCUT2D eigenvalue weighted by Crippen LogP contribution is -2.55. The number of nitrogens with zero attached hydrogens (tertiary/aromatic N) is 6. The van der Waals surface area contributed by atoms with Gasteiger partial charge in [0, 0.05) is 11.1 Å². The van der Waals surface area contributed by atoms with Crippen LogP contribution in [-0.2, 0) is 0 Å². The van der Waals surface area contributed by atoms with Crippen LogP contribution in [0.2, 0.25) is 5.02 Å². The second-order valence-corrected chi connectivity index (χ2v) is 8.87. The lowest BCUT2D eigenvalue weighted by atomic mass is 9.90. The summed E-state index contributed by atoms with van der Waals surface area (Å²) in [5.74, 6) is 1.88. The molecule has 3 aromatic heterocycles. The first-order chi connectivity index (χ1) is 13.6. The minimum Gasteiger partial charge on any atom is -0.382 e. The Morgan fingerprint density at radius 3 is 2.93 bits per heavy atom. The first-order valence-electron chi connectivity index (χ1n) is 9.22. The highest BCUT2D eigenvalue weighted by Gasteiger charge is 2.66. The van der Waals surface area contributed by atoms with Crippen LogP contribution in [0.3, 0.4) is 0 Å². The molecule has 0 spiro atoms. The Bertz CT molecular complexity index is 1180. The average molecular weight is 411 g/mol. The third-order valence-electron chi connectivity index (χ3n) is 5.93. The van der Waals surface area contributed by atoms with E-state index in [4.69, 9.17) is 22.3 Å². The maximum atomic E-state index is 6.24. The quantitative estimate of drug-likeness (QED) is 0.664. The number of hydrogen-bond acceptors (Lipinski definition) is 7. The molecule has 7 nitrogen and oxygen atoms in total. The van der Waals surface area contributed by atoms with Crippen molar-refractivity contribution in [2.24, 2.45) is 5.92 Å². The van der Waals surface area contributed by atoms with Crippen LogP contribution in [0.15, 0.2) is 40.5 Å². The highest BCUT2D eigenvalue weighted by molar-refractivity contribution is 7.99. The van der Waals surface area contributed by atoms with E-state index in [0.717, 1.165) is 34.3 Å². The number of piperidine rings is 2. The third-order valence-corrected chi connectivity index (χ3v) is 7.44. The predicted molar refractivity (Wildman–Crippen MR) is 109 cm³/mol. The van der Waals surface area contributed by atoms with Gasteiger partial charge in [-0.1, -0.05) is 30.3 Å². The molecule has 1 unspecified atom stereocenters. The number of halogens is 1. The van der Waals surface area contributed by atoms with E-state index in [-0.39, 0.29) is 0 Å². The van der Waals surface area contributed by atoms with E-state index in [1.165, 1.54) is 11.8 Å². The van der Waals surface area contributed by atoms with Gasteiger partial charge in [-0.2, -0.15) is 0 Å². The Balaban J connectivity index is 1.29. The standard InChI is InChI=1S/C19H17ClN7S/c1-9-11-7-27-12(17(9)27)8-26(11)14-6-23-19-10(24-14)2-3-15(25-19)28-13-4-5-22-18(21)16(13)20/h2-6,9,11-12H,7-8H2,1H3,(H2,21,22)/q+1/t9?,11-,12-/m1/s1. The summed E-state index contributed by atoms with van der Waals surface area (Å²) >= 11 is 7.68. The second kappa shape index (κ2) is 5.78. The number of anilines is 2. The summed E-state index contributed by atoms with van der Waals surface area (Å²) in [6, 6.07) is 6.86. The van der Waals surface area contributed by atoms with Crippen molar-refractivity contribution in [2.75, 3.05) is 23.7 Å². The van der Waals surface area contributed by atoms with E-state index in [0.29, 0.717) is 34.5 Å². The van der Waals surface area contributed by atoms with Crippen LogP contribution in [0.4, 0.5) is 11.6 Å². The zero-order valence-electron chi connectivity index (χ0n) is 15.1. The summed E-state index contributed by atoms with van der Waals surface area (Å²) in [5, 5.41) is 1.24. The maximum Gasteiger partial charge on any atom is 0.249 e. The van der Waals surface area contributed by atoms with Crippen LogP contribution in [0.1, 0.15) is 6.92 Å². The van der Waals surface area contributed by atoms with Crippen LogP contribution < -0.4 is 10.6 Å². The molecule has 9 heteroatoms. The molecule has 7 heterocycles. The third kappa shape index (κ3) is 2.34. The number of piperazine rings is 1. The summed E-state index contributed by atoms with van der Waals surface area (Å²) < 4.78 is 2.53. The van der Waals surface area contributed by atoms with Gasteiger partial charge in [0.05, 0.1) is 23.7 Å². The van der Waals surface area contributed by atoms with E-state index >= 15 is 0 Å². The van der Waals surface area contributed by atoms with Gasteiger partial charge in [-0.25, -0.2) is 24.5 Å². The molecule has 4 bridgehead atoms. The van der Waals surface area contributed by atoms with Crippen LogP contribution in [0.5, 0.6) is 0 Å². The molecule has 7 rings (SSSR count). The smallest absolute Gasteiger partial charge is 0.249 e. The first kappa shape index (κ1) is 16.5. The van der Waals surface area contributed by atoms with Crippen molar-refractivity contribution in [3.05, 3.63) is 35.6 Å². The molecule has 2 N–H and O–H groups in total. The van der Waals surface area contributed by atoms with Crippen molar-refractivity contribution in [3.63, 3.8) is 0 Å². The molecule has 4 aliphatic rings. The molecule has 140 valence electrons. The fraction of sp³-hybridized carbons (Fsp3) is 0.316. The highest BCUT2D eigenvalue weighted by Crippen LogP contribution is 2.40. The average Bonchev–Trinajstić information content (AvgIpc) is 3.34. The molecule has 3 aromatic rings. The largest absolute Gasteiger partial charge is 0.382 e. The number of nitrogens with two attached hydrogens (primary N) is 1. The van der Waals surface area contributed by atoms with Gasteiger partial charge in [-0.05, 0) is 18.2 Å². The van der Waals surface area contributed by atoms with Gasteiger partial charge in [0.15, 0.2) is 12.2 Å².